The van der Waals surface area contributed by atoms with Crippen molar-refractivity contribution >= 4 is 17.7 Å². The Morgan fingerprint density at radius 2 is 1.96 bits per heavy atom. The number of amides is 1. The van der Waals surface area contributed by atoms with Crippen LogP contribution in [0.5, 0.6) is 5.75 Å². The maximum Gasteiger partial charge on any atom is 0.230 e. The van der Waals surface area contributed by atoms with E-state index in [0.29, 0.717) is 11.8 Å². The Bertz CT molecular complexity index is 765. The van der Waals surface area contributed by atoms with E-state index in [2.05, 4.69) is 15.2 Å². The zero-order valence-corrected chi connectivity index (χ0v) is 16.5. The summed E-state index contributed by atoms with van der Waals surface area (Å²) in [6.45, 7) is 2.23. The van der Waals surface area contributed by atoms with E-state index in [1.807, 2.05) is 35.0 Å². The van der Waals surface area contributed by atoms with Gasteiger partial charge in [0.25, 0.3) is 0 Å². The Balaban J connectivity index is 1.27. The molecule has 1 aliphatic carbocycles. The zero-order chi connectivity index (χ0) is 18.6. The number of likely N-dealkylation sites (tertiary alicyclic amines) is 1. The summed E-state index contributed by atoms with van der Waals surface area (Å²) in [6, 6.07) is 8.95. The van der Waals surface area contributed by atoms with Crippen LogP contribution in [0, 0.1) is 0 Å². The molecule has 7 heteroatoms. The topological polar surface area (TPSA) is 59.4 Å². The van der Waals surface area contributed by atoms with Gasteiger partial charge in [-0.3, -0.25) is 9.36 Å². The molecule has 2 heterocycles. The molecule has 1 aromatic heterocycles. The van der Waals surface area contributed by atoms with E-state index in [9.17, 15) is 4.79 Å². The van der Waals surface area contributed by atoms with Gasteiger partial charge in [-0.1, -0.05) is 11.8 Å². The van der Waals surface area contributed by atoms with Gasteiger partial charge in [0.15, 0.2) is 5.16 Å². The van der Waals surface area contributed by atoms with Crippen LogP contribution >= 0.6 is 11.8 Å². The number of carbonyl (C=O) groups is 1. The quantitative estimate of drug-likeness (QED) is 0.742. The minimum Gasteiger partial charge on any atom is -0.497 e. The molecule has 27 heavy (non-hydrogen) atoms. The molecular weight excluding hydrogens is 360 g/mol. The van der Waals surface area contributed by atoms with Gasteiger partial charge in [-0.25, -0.2) is 4.98 Å². The number of nitrogens with zero attached hydrogens (tertiary/aromatic N) is 3. The normalized spacial score (nSPS) is 18.4. The van der Waals surface area contributed by atoms with Gasteiger partial charge in [-0.15, -0.1) is 0 Å². The number of methoxy groups -OCH3 is 1. The van der Waals surface area contributed by atoms with E-state index < -0.39 is 0 Å². The molecule has 0 bridgehead atoms. The lowest BCUT2D eigenvalue weighted by Crippen LogP contribution is -2.45. The smallest absolute Gasteiger partial charge is 0.230 e. The minimum absolute atomic E-state index is 0.0918. The van der Waals surface area contributed by atoms with Crippen LogP contribution in [0.4, 0.5) is 0 Å². The van der Waals surface area contributed by atoms with Crippen LogP contribution in [-0.2, 0) is 4.79 Å². The van der Waals surface area contributed by atoms with Gasteiger partial charge in [0, 0.05) is 43.3 Å². The van der Waals surface area contributed by atoms with Crippen LogP contribution < -0.4 is 10.1 Å². The van der Waals surface area contributed by atoms with Gasteiger partial charge in [0.1, 0.15) is 5.75 Å². The van der Waals surface area contributed by atoms with Crippen molar-refractivity contribution in [1.29, 1.82) is 0 Å². The third-order valence-corrected chi connectivity index (χ3v) is 6.21. The second-order valence-corrected chi connectivity index (χ2v) is 8.12. The molecule has 2 fully saturated rings. The molecule has 144 valence electrons. The molecule has 1 aliphatic heterocycles. The number of ether oxygens (including phenoxy) is 1. The van der Waals surface area contributed by atoms with Crippen molar-refractivity contribution in [2.24, 2.45) is 0 Å². The maximum absolute atomic E-state index is 12.4. The molecule has 1 saturated carbocycles. The molecule has 0 unspecified atom stereocenters. The molecule has 2 aliphatic rings. The van der Waals surface area contributed by atoms with Gasteiger partial charge < -0.3 is 15.0 Å². The first-order valence-electron chi connectivity index (χ1n) is 9.57. The fourth-order valence-corrected chi connectivity index (χ4v) is 4.37. The van der Waals surface area contributed by atoms with Crippen LogP contribution in [0.3, 0.4) is 0 Å². The fourth-order valence-electron chi connectivity index (χ4n) is 3.58. The van der Waals surface area contributed by atoms with E-state index in [0.717, 1.165) is 48.6 Å². The molecule has 0 atom stereocenters. The molecule has 2 aromatic rings. The largest absolute Gasteiger partial charge is 0.497 e. The number of hydrogen-bond acceptors (Lipinski definition) is 5. The lowest BCUT2D eigenvalue weighted by atomic mass is 10.1. The highest BCUT2D eigenvalue weighted by Gasteiger charge is 2.32. The van der Waals surface area contributed by atoms with Crippen molar-refractivity contribution in [1.82, 2.24) is 19.8 Å². The number of aromatic nitrogens is 2. The number of nitrogens with one attached hydrogen (secondary N) is 1. The zero-order valence-electron chi connectivity index (χ0n) is 15.6. The van der Waals surface area contributed by atoms with Crippen molar-refractivity contribution in [2.45, 2.75) is 42.9 Å². The standard InChI is InChI=1S/C20H26N4O2S/c1-26-18-6-4-17(5-7-18)24-13-10-21-20(24)27-14-19(25)22-15-8-11-23(12-9-15)16-2-3-16/h4-7,10,13,15-16H,2-3,8-9,11-12,14H2,1H3,(H,22,25). The number of hydrogen-bond donors (Lipinski definition) is 1. The van der Waals surface area contributed by atoms with Gasteiger partial charge in [-0.05, 0) is 49.9 Å². The highest BCUT2D eigenvalue weighted by molar-refractivity contribution is 7.99. The highest BCUT2D eigenvalue weighted by atomic mass is 32.2. The van der Waals surface area contributed by atoms with Gasteiger partial charge in [-0.2, -0.15) is 0 Å². The SMILES string of the molecule is COc1ccc(-n2ccnc2SCC(=O)NC2CCN(C3CC3)CC2)cc1. The predicted octanol–water partition coefficient (Wildman–Crippen LogP) is 2.72. The van der Waals surface area contributed by atoms with Crippen molar-refractivity contribution in [3.8, 4) is 11.4 Å². The lowest BCUT2D eigenvalue weighted by molar-refractivity contribution is -0.119. The Morgan fingerprint density at radius 3 is 2.63 bits per heavy atom. The lowest BCUT2D eigenvalue weighted by Gasteiger charge is -2.32. The third kappa shape index (κ3) is 4.65. The first kappa shape index (κ1) is 18.4. The molecule has 1 amide bonds. The number of piperidine rings is 1. The van der Waals surface area contributed by atoms with Gasteiger partial charge >= 0.3 is 0 Å². The third-order valence-electron chi connectivity index (χ3n) is 5.25. The monoisotopic (exact) mass is 386 g/mol. The fraction of sp³-hybridized carbons (Fsp3) is 0.500. The van der Waals surface area contributed by atoms with Crippen LogP contribution in [0.25, 0.3) is 5.69 Å². The van der Waals surface area contributed by atoms with Gasteiger partial charge in [0.2, 0.25) is 5.91 Å². The number of imidazole rings is 1. The second kappa shape index (κ2) is 8.35. The highest BCUT2D eigenvalue weighted by Crippen LogP contribution is 2.29. The molecule has 6 nitrogen and oxygen atoms in total. The van der Waals surface area contributed by atoms with E-state index in [1.54, 1.807) is 13.3 Å². The molecule has 1 N–H and O–H groups in total. The van der Waals surface area contributed by atoms with Crippen molar-refractivity contribution in [3.05, 3.63) is 36.7 Å². The van der Waals surface area contributed by atoms with Crippen molar-refractivity contribution in [2.75, 3.05) is 26.0 Å². The Kier molecular flexibility index (Phi) is 5.69. The van der Waals surface area contributed by atoms with E-state index in [-0.39, 0.29) is 5.91 Å². The Labute approximate surface area is 164 Å². The van der Waals surface area contributed by atoms with Crippen LogP contribution in [0.2, 0.25) is 0 Å². The number of benzene rings is 1. The Morgan fingerprint density at radius 1 is 1.22 bits per heavy atom. The van der Waals surface area contributed by atoms with E-state index in [4.69, 9.17) is 4.74 Å². The first-order chi connectivity index (χ1) is 13.2. The summed E-state index contributed by atoms with van der Waals surface area (Å²) >= 11 is 1.47. The molecule has 1 aromatic carbocycles. The summed E-state index contributed by atoms with van der Waals surface area (Å²) in [5.74, 6) is 1.30. The minimum atomic E-state index is 0.0918. The summed E-state index contributed by atoms with van der Waals surface area (Å²) in [4.78, 5) is 19.3. The summed E-state index contributed by atoms with van der Waals surface area (Å²) < 4.78 is 7.20. The number of rotatable bonds is 7. The van der Waals surface area contributed by atoms with Crippen LogP contribution in [-0.4, -0.2) is 58.4 Å². The Hall–Kier alpha value is -1.99. The maximum atomic E-state index is 12.4. The predicted molar refractivity (Wildman–Crippen MR) is 107 cm³/mol. The molecule has 1 saturated heterocycles. The van der Waals surface area contributed by atoms with Crippen LogP contribution in [0.1, 0.15) is 25.7 Å². The average Bonchev–Trinajstić information content (AvgIpc) is 3.45. The summed E-state index contributed by atoms with van der Waals surface area (Å²) in [6.07, 6.45) is 8.51. The van der Waals surface area contributed by atoms with E-state index in [1.165, 1.54) is 24.6 Å². The number of carbonyl (C=O) groups excluding carboxylic acids is 1. The summed E-state index contributed by atoms with van der Waals surface area (Å²) in [5.41, 5.74) is 1.00. The molecule has 0 radical (unpaired) electrons. The first-order valence-corrected chi connectivity index (χ1v) is 10.6. The molecular formula is C20H26N4O2S. The molecule has 0 spiro atoms. The van der Waals surface area contributed by atoms with Gasteiger partial charge in [0.05, 0.1) is 12.9 Å². The van der Waals surface area contributed by atoms with Crippen molar-refractivity contribution in [3.63, 3.8) is 0 Å². The van der Waals surface area contributed by atoms with Crippen LogP contribution in [0.15, 0.2) is 41.8 Å². The van der Waals surface area contributed by atoms with Crippen molar-refractivity contribution < 1.29 is 9.53 Å². The second-order valence-electron chi connectivity index (χ2n) is 7.18. The summed E-state index contributed by atoms with van der Waals surface area (Å²) in [7, 11) is 1.65. The molecule has 4 rings (SSSR count). The summed E-state index contributed by atoms with van der Waals surface area (Å²) in [5, 5.41) is 4.01. The average molecular weight is 387 g/mol. The number of thioether (sulfide) groups is 1. The van der Waals surface area contributed by atoms with E-state index >= 15 is 0 Å².